The zero-order valence-electron chi connectivity index (χ0n) is 14.7. The van der Waals surface area contributed by atoms with E-state index < -0.39 is 0 Å². The molecule has 2 aromatic carbocycles. The highest BCUT2D eigenvalue weighted by molar-refractivity contribution is 6.01. The summed E-state index contributed by atoms with van der Waals surface area (Å²) >= 11 is 0. The molecule has 1 aromatic heterocycles. The number of hydrogen-bond donors (Lipinski definition) is 0. The van der Waals surface area contributed by atoms with Gasteiger partial charge in [0.05, 0.1) is 17.4 Å². The third-order valence-corrected chi connectivity index (χ3v) is 4.17. The van der Waals surface area contributed by atoms with Gasteiger partial charge in [-0.3, -0.25) is 4.79 Å². The number of carbonyl (C=O) groups excluding carboxylic acids is 1. The molecule has 1 heterocycles. The van der Waals surface area contributed by atoms with Gasteiger partial charge >= 0.3 is 0 Å². The third kappa shape index (κ3) is 3.31. The van der Waals surface area contributed by atoms with Gasteiger partial charge in [-0.1, -0.05) is 17.7 Å². The van der Waals surface area contributed by atoms with E-state index in [0.29, 0.717) is 0 Å². The average molecular weight is 337 g/mol. The van der Waals surface area contributed by atoms with Crippen LogP contribution in [0.5, 0.6) is 0 Å². The van der Waals surface area contributed by atoms with Gasteiger partial charge in [0, 0.05) is 31.1 Å². The van der Waals surface area contributed by atoms with Crippen LogP contribution in [0.25, 0.3) is 10.9 Å². The number of hydrogen-bond acceptors (Lipinski definition) is 2. The molecule has 0 fully saturated rings. The summed E-state index contributed by atoms with van der Waals surface area (Å²) in [7, 11) is 1.85. The summed E-state index contributed by atoms with van der Waals surface area (Å²) in [6.07, 6.45) is 3.51. The lowest BCUT2D eigenvalue weighted by Crippen LogP contribution is -2.23. The fourth-order valence-corrected chi connectivity index (χ4v) is 2.97. The van der Waals surface area contributed by atoms with Crippen molar-refractivity contribution in [2.24, 2.45) is 12.1 Å². The minimum Gasteiger partial charge on any atom is -0.350 e. The molecule has 0 spiro atoms. The lowest BCUT2D eigenvalue weighted by atomic mass is 10.1. The summed E-state index contributed by atoms with van der Waals surface area (Å²) in [5, 5.41) is 6.66. The highest BCUT2D eigenvalue weighted by Gasteiger charge is 2.13. The molecule has 4 nitrogen and oxygen atoms in total. The Morgan fingerprint density at radius 1 is 1.20 bits per heavy atom. The van der Waals surface area contributed by atoms with Crippen molar-refractivity contribution < 1.29 is 9.18 Å². The molecule has 0 unspecified atom stereocenters. The van der Waals surface area contributed by atoms with Gasteiger partial charge in [-0.15, -0.1) is 0 Å². The second kappa shape index (κ2) is 6.51. The lowest BCUT2D eigenvalue weighted by Gasteiger charge is -2.17. The van der Waals surface area contributed by atoms with Crippen LogP contribution in [0.2, 0.25) is 0 Å². The molecule has 1 amide bonds. The second-order valence-electron chi connectivity index (χ2n) is 6.22. The van der Waals surface area contributed by atoms with E-state index in [9.17, 15) is 9.18 Å². The SMILES string of the molecule is CC(=O)N(/N=C/c1cn(C)c2cc(F)ccc12)c1ccc(C)cc1C. The summed E-state index contributed by atoms with van der Waals surface area (Å²) in [6.45, 7) is 5.44. The van der Waals surface area contributed by atoms with Crippen LogP contribution in [0.3, 0.4) is 0 Å². The van der Waals surface area contributed by atoms with Gasteiger partial charge in [0.15, 0.2) is 0 Å². The molecule has 5 heteroatoms. The quantitative estimate of drug-likeness (QED) is 0.518. The fourth-order valence-electron chi connectivity index (χ4n) is 2.97. The number of amides is 1. The molecule has 0 aliphatic heterocycles. The molecule has 3 aromatic rings. The molecule has 0 aliphatic rings. The number of carbonyl (C=O) groups is 1. The van der Waals surface area contributed by atoms with E-state index >= 15 is 0 Å². The van der Waals surface area contributed by atoms with Crippen molar-refractivity contribution >= 4 is 28.7 Å². The number of anilines is 1. The van der Waals surface area contributed by atoms with Crippen molar-refractivity contribution in [3.63, 3.8) is 0 Å². The predicted octanol–water partition coefficient (Wildman–Crippen LogP) is 4.32. The number of nitrogens with zero attached hydrogens (tertiary/aromatic N) is 3. The van der Waals surface area contributed by atoms with Crippen LogP contribution in [-0.2, 0) is 11.8 Å². The van der Waals surface area contributed by atoms with E-state index in [0.717, 1.165) is 33.3 Å². The number of hydrazone groups is 1. The first-order valence-electron chi connectivity index (χ1n) is 8.03. The van der Waals surface area contributed by atoms with E-state index in [4.69, 9.17) is 0 Å². The average Bonchev–Trinajstić information content (AvgIpc) is 2.85. The van der Waals surface area contributed by atoms with Crippen LogP contribution in [0, 0.1) is 19.7 Å². The summed E-state index contributed by atoms with van der Waals surface area (Å²) < 4.78 is 15.3. The van der Waals surface area contributed by atoms with E-state index in [-0.39, 0.29) is 11.7 Å². The molecular weight excluding hydrogens is 317 g/mol. The second-order valence-corrected chi connectivity index (χ2v) is 6.22. The molecule has 25 heavy (non-hydrogen) atoms. The Balaban J connectivity index is 2.02. The molecule has 0 aliphatic carbocycles. The summed E-state index contributed by atoms with van der Waals surface area (Å²) in [4.78, 5) is 12.1. The largest absolute Gasteiger partial charge is 0.350 e. The monoisotopic (exact) mass is 337 g/mol. The molecule has 0 saturated heterocycles. The highest BCUT2D eigenvalue weighted by Crippen LogP contribution is 2.23. The number of fused-ring (bicyclic) bond motifs is 1. The topological polar surface area (TPSA) is 37.6 Å². The van der Waals surface area contributed by atoms with Crippen molar-refractivity contribution in [2.45, 2.75) is 20.8 Å². The maximum Gasteiger partial charge on any atom is 0.244 e. The van der Waals surface area contributed by atoms with Gasteiger partial charge in [-0.2, -0.15) is 5.10 Å². The third-order valence-electron chi connectivity index (χ3n) is 4.17. The van der Waals surface area contributed by atoms with E-state index in [1.165, 1.54) is 24.1 Å². The molecule has 0 bridgehead atoms. The van der Waals surface area contributed by atoms with Crippen molar-refractivity contribution in [3.05, 3.63) is 65.1 Å². The fraction of sp³-hybridized carbons (Fsp3) is 0.200. The molecule has 3 rings (SSSR count). The summed E-state index contributed by atoms with van der Waals surface area (Å²) in [5.41, 5.74) is 4.47. The normalized spacial score (nSPS) is 11.4. The smallest absolute Gasteiger partial charge is 0.244 e. The Bertz CT molecular complexity index is 988. The van der Waals surface area contributed by atoms with E-state index in [2.05, 4.69) is 5.10 Å². The molecule has 0 N–H and O–H groups in total. The van der Waals surface area contributed by atoms with Crippen molar-refractivity contribution in [2.75, 3.05) is 5.01 Å². The first-order valence-corrected chi connectivity index (χ1v) is 8.03. The standard InChI is InChI=1S/C20H20FN3O/c1-13-5-8-19(14(2)9-13)24(15(3)25)22-11-16-12-23(4)20-10-17(21)6-7-18(16)20/h5-12H,1-4H3/b22-11+. The first-order chi connectivity index (χ1) is 11.9. The van der Waals surface area contributed by atoms with Crippen molar-refractivity contribution in [1.29, 1.82) is 0 Å². The Hall–Kier alpha value is -2.95. The molecule has 0 radical (unpaired) electrons. The van der Waals surface area contributed by atoms with Crippen LogP contribution >= 0.6 is 0 Å². The Morgan fingerprint density at radius 3 is 2.64 bits per heavy atom. The molecule has 0 atom stereocenters. The van der Waals surface area contributed by atoms with E-state index in [1.807, 2.05) is 49.9 Å². The first kappa shape index (κ1) is 16.9. The highest BCUT2D eigenvalue weighted by atomic mass is 19.1. The molecule has 128 valence electrons. The lowest BCUT2D eigenvalue weighted by molar-refractivity contribution is -0.116. The van der Waals surface area contributed by atoms with Crippen LogP contribution in [0.15, 0.2) is 47.7 Å². The number of aryl methyl sites for hydroxylation is 3. The minimum absolute atomic E-state index is 0.172. The van der Waals surface area contributed by atoms with Crippen molar-refractivity contribution in [3.8, 4) is 0 Å². The zero-order chi connectivity index (χ0) is 18.1. The predicted molar refractivity (Wildman–Crippen MR) is 99.5 cm³/mol. The molecule has 0 saturated carbocycles. The Morgan fingerprint density at radius 2 is 1.96 bits per heavy atom. The Labute approximate surface area is 146 Å². The maximum absolute atomic E-state index is 13.4. The van der Waals surface area contributed by atoms with Gasteiger partial charge in [-0.25, -0.2) is 9.40 Å². The molecular formula is C20H20FN3O. The van der Waals surface area contributed by atoms with Gasteiger partial charge in [0.1, 0.15) is 5.82 Å². The zero-order valence-corrected chi connectivity index (χ0v) is 14.7. The number of rotatable bonds is 3. The Kier molecular flexibility index (Phi) is 4.40. The van der Waals surface area contributed by atoms with Crippen LogP contribution in [-0.4, -0.2) is 16.7 Å². The number of benzene rings is 2. The van der Waals surface area contributed by atoms with Crippen LogP contribution in [0.1, 0.15) is 23.6 Å². The van der Waals surface area contributed by atoms with Crippen LogP contribution < -0.4 is 5.01 Å². The number of aromatic nitrogens is 1. The summed E-state index contributed by atoms with van der Waals surface area (Å²) in [6, 6.07) is 10.5. The number of halogens is 1. The minimum atomic E-state index is -0.280. The van der Waals surface area contributed by atoms with Gasteiger partial charge < -0.3 is 4.57 Å². The van der Waals surface area contributed by atoms with Crippen LogP contribution in [0.4, 0.5) is 10.1 Å². The van der Waals surface area contributed by atoms with Gasteiger partial charge in [0.2, 0.25) is 5.91 Å². The maximum atomic E-state index is 13.4. The van der Waals surface area contributed by atoms with Gasteiger partial charge in [0.25, 0.3) is 0 Å². The van der Waals surface area contributed by atoms with Gasteiger partial charge in [-0.05, 0) is 43.7 Å². The van der Waals surface area contributed by atoms with Crippen molar-refractivity contribution in [1.82, 2.24) is 4.57 Å². The van der Waals surface area contributed by atoms with E-state index in [1.54, 1.807) is 12.3 Å². The summed E-state index contributed by atoms with van der Waals surface area (Å²) in [5.74, 6) is -0.452.